The Morgan fingerprint density at radius 1 is 1.17 bits per heavy atom. The minimum atomic E-state index is -0.965. The summed E-state index contributed by atoms with van der Waals surface area (Å²) in [5.41, 5.74) is 1.14. The SMILES string of the molecule is C=CCN(C(=O)C(CS)NC(=O)OC(C)(C)C)C(C(=O)NC1CCCCC1)c1ccc(CC)cc1. The highest BCUT2D eigenvalue weighted by molar-refractivity contribution is 7.80. The Kier molecular flexibility index (Phi) is 11.1. The quantitative estimate of drug-likeness (QED) is 0.322. The summed E-state index contributed by atoms with van der Waals surface area (Å²) in [6.07, 6.45) is 6.95. The third-order valence-electron chi connectivity index (χ3n) is 6.00. The Bertz CT molecular complexity index is 860. The van der Waals surface area contributed by atoms with Gasteiger partial charge in [-0.05, 0) is 51.2 Å². The van der Waals surface area contributed by atoms with Crippen LogP contribution in [0.25, 0.3) is 0 Å². The Morgan fingerprint density at radius 3 is 2.31 bits per heavy atom. The molecule has 2 N–H and O–H groups in total. The molecule has 8 heteroatoms. The molecule has 194 valence electrons. The third-order valence-corrected chi connectivity index (χ3v) is 6.36. The molecule has 1 saturated carbocycles. The van der Waals surface area contributed by atoms with Crippen molar-refractivity contribution in [3.05, 3.63) is 48.0 Å². The zero-order valence-corrected chi connectivity index (χ0v) is 22.4. The highest BCUT2D eigenvalue weighted by Gasteiger charge is 2.36. The predicted octanol–water partition coefficient (Wildman–Crippen LogP) is 4.58. The second-order valence-corrected chi connectivity index (χ2v) is 10.4. The van der Waals surface area contributed by atoms with E-state index in [0.717, 1.165) is 37.7 Å². The van der Waals surface area contributed by atoms with Gasteiger partial charge in [0.1, 0.15) is 17.7 Å². The van der Waals surface area contributed by atoms with Gasteiger partial charge in [0, 0.05) is 18.3 Å². The molecule has 0 heterocycles. The van der Waals surface area contributed by atoms with Crippen molar-refractivity contribution in [2.24, 2.45) is 0 Å². The minimum absolute atomic E-state index is 0.0530. The van der Waals surface area contributed by atoms with Crippen LogP contribution in [0, 0.1) is 0 Å². The maximum Gasteiger partial charge on any atom is 0.408 e. The first-order valence-corrected chi connectivity index (χ1v) is 13.1. The molecule has 1 aromatic carbocycles. The first kappa shape index (κ1) is 28.8. The van der Waals surface area contributed by atoms with Crippen molar-refractivity contribution in [1.29, 1.82) is 0 Å². The number of benzene rings is 1. The molecule has 1 aromatic rings. The van der Waals surface area contributed by atoms with E-state index in [1.165, 1.54) is 11.3 Å². The fourth-order valence-electron chi connectivity index (χ4n) is 4.23. The molecule has 1 fully saturated rings. The summed E-state index contributed by atoms with van der Waals surface area (Å²) in [6.45, 7) is 11.2. The number of carbonyl (C=O) groups excluding carboxylic acids is 3. The maximum atomic E-state index is 13.7. The molecule has 1 aliphatic carbocycles. The standard InChI is InChI=1S/C27H41N3O4S/c1-6-17-30(25(32)22(18-35)29-26(33)34-27(3,4)5)23(20-15-13-19(7-2)14-16-20)24(31)28-21-11-9-8-10-12-21/h6,13-16,21-23,35H,1,7-12,17-18H2,2-5H3,(H,28,31)(H,29,33). The van der Waals surface area contributed by atoms with Crippen LogP contribution in [0.5, 0.6) is 0 Å². The number of alkyl carbamates (subject to hydrolysis) is 1. The number of nitrogens with one attached hydrogen (secondary N) is 2. The lowest BCUT2D eigenvalue weighted by molar-refractivity contribution is -0.141. The highest BCUT2D eigenvalue weighted by atomic mass is 32.1. The van der Waals surface area contributed by atoms with E-state index in [9.17, 15) is 14.4 Å². The molecule has 1 aliphatic rings. The molecular formula is C27H41N3O4S. The van der Waals surface area contributed by atoms with Crippen LogP contribution in [0.2, 0.25) is 0 Å². The molecule has 0 spiro atoms. The lowest BCUT2D eigenvalue weighted by Crippen LogP contribution is -2.54. The van der Waals surface area contributed by atoms with Gasteiger partial charge in [-0.25, -0.2) is 4.79 Å². The van der Waals surface area contributed by atoms with E-state index in [1.54, 1.807) is 26.8 Å². The molecular weight excluding hydrogens is 462 g/mol. The van der Waals surface area contributed by atoms with E-state index in [-0.39, 0.29) is 24.2 Å². The largest absolute Gasteiger partial charge is 0.444 e. The van der Waals surface area contributed by atoms with Crippen molar-refractivity contribution < 1.29 is 19.1 Å². The van der Waals surface area contributed by atoms with Crippen LogP contribution >= 0.6 is 12.6 Å². The summed E-state index contributed by atoms with van der Waals surface area (Å²) in [4.78, 5) is 41.2. The van der Waals surface area contributed by atoms with Crippen LogP contribution in [-0.4, -0.2) is 52.8 Å². The summed E-state index contributed by atoms with van der Waals surface area (Å²) in [5, 5.41) is 5.78. The van der Waals surface area contributed by atoms with Crippen molar-refractivity contribution in [2.75, 3.05) is 12.3 Å². The number of carbonyl (C=O) groups is 3. The van der Waals surface area contributed by atoms with Crippen molar-refractivity contribution in [1.82, 2.24) is 15.5 Å². The van der Waals surface area contributed by atoms with Crippen LogP contribution in [0.1, 0.15) is 77.0 Å². The van der Waals surface area contributed by atoms with E-state index in [1.807, 2.05) is 24.3 Å². The van der Waals surface area contributed by atoms with Crippen LogP contribution in [-0.2, 0) is 20.7 Å². The number of nitrogens with zero attached hydrogens (tertiary/aromatic N) is 1. The summed E-state index contributed by atoms with van der Waals surface area (Å²) < 4.78 is 5.32. The molecule has 0 bridgehead atoms. The van der Waals surface area contributed by atoms with Gasteiger partial charge in [-0.1, -0.05) is 56.5 Å². The van der Waals surface area contributed by atoms with Crippen molar-refractivity contribution >= 4 is 30.5 Å². The molecule has 0 radical (unpaired) electrons. The zero-order valence-electron chi connectivity index (χ0n) is 21.5. The predicted molar refractivity (Wildman–Crippen MR) is 142 cm³/mol. The Hall–Kier alpha value is -2.48. The topological polar surface area (TPSA) is 87.7 Å². The van der Waals surface area contributed by atoms with Gasteiger partial charge in [-0.2, -0.15) is 12.6 Å². The van der Waals surface area contributed by atoms with E-state index in [2.05, 4.69) is 36.8 Å². The number of hydrogen-bond acceptors (Lipinski definition) is 5. The minimum Gasteiger partial charge on any atom is -0.444 e. The molecule has 7 nitrogen and oxygen atoms in total. The Morgan fingerprint density at radius 2 is 1.80 bits per heavy atom. The smallest absolute Gasteiger partial charge is 0.408 e. The van der Waals surface area contributed by atoms with E-state index in [0.29, 0.717) is 5.56 Å². The van der Waals surface area contributed by atoms with E-state index in [4.69, 9.17) is 4.74 Å². The molecule has 0 aromatic heterocycles. The number of hydrogen-bond donors (Lipinski definition) is 3. The molecule has 35 heavy (non-hydrogen) atoms. The Balaban J connectivity index is 2.36. The van der Waals surface area contributed by atoms with Crippen LogP contribution in [0.15, 0.2) is 36.9 Å². The Labute approximate surface area is 215 Å². The van der Waals surface area contributed by atoms with Gasteiger partial charge in [-0.15, -0.1) is 6.58 Å². The molecule has 3 amide bonds. The number of thiol groups is 1. The number of amides is 3. The first-order valence-electron chi connectivity index (χ1n) is 12.5. The van der Waals surface area contributed by atoms with Gasteiger partial charge in [-0.3, -0.25) is 9.59 Å². The average Bonchev–Trinajstić information content (AvgIpc) is 2.81. The fourth-order valence-corrected chi connectivity index (χ4v) is 4.48. The highest BCUT2D eigenvalue weighted by Crippen LogP contribution is 2.25. The lowest BCUT2D eigenvalue weighted by Gasteiger charge is -2.35. The van der Waals surface area contributed by atoms with Crippen LogP contribution in [0.4, 0.5) is 4.79 Å². The van der Waals surface area contributed by atoms with Gasteiger partial charge >= 0.3 is 6.09 Å². The van der Waals surface area contributed by atoms with Gasteiger partial charge in [0.05, 0.1) is 0 Å². The average molecular weight is 504 g/mol. The monoisotopic (exact) mass is 503 g/mol. The molecule has 2 unspecified atom stereocenters. The second-order valence-electron chi connectivity index (χ2n) is 10.0. The van der Waals surface area contributed by atoms with E-state index < -0.39 is 29.7 Å². The molecule has 0 saturated heterocycles. The number of ether oxygens (including phenoxy) is 1. The van der Waals surface area contributed by atoms with E-state index >= 15 is 0 Å². The molecule has 0 aliphatic heterocycles. The molecule has 2 rings (SSSR count). The zero-order chi connectivity index (χ0) is 26.0. The van der Waals surface area contributed by atoms with Gasteiger partial charge in [0.2, 0.25) is 11.8 Å². The second kappa shape index (κ2) is 13.6. The molecule has 2 atom stereocenters. The first-order chi connectivity index (χ1) is 16.6. The number of aryl methyl sites for hydroxylation is 1. The summed E-state index contributed by atoms with van der Waals surface area (Å²) >= 11 is 4.30. The fraction of sp³-hybridized carbons (Fsp3) is 0.593. The normalized spacial score (nSPS) is 16.0. The maximum absolute atomic E-state index is 13.7. The van der Waals surface area contributed by atoms with Gasteiger partial charge < -0.3 is 20.3 Å². The van der Waals surface area contributed by atoms with Crippen molar-refractivity contribution in [3.8, 4) is 0 Å². The third kappa shape index (κ3) is 8.91. The number of rotatable bonds is 10. The van der Waals surface area contributed by atoms with Gasteiger partial charge in [0.15, 0.2) is 0 Å². The van der Waals surface area contributed by atoms with Crippen LogP contribution in [0.3, 0.4) is 0 Å². The lowest BCUT2D eigenvalue weighted by atomic mass is 9.94. The van der Waals surface area contributed by atoms with Crippen molar-refractivity contribution in [3.63, 3.8) is 0 Å². The summed E-state index contributed by atoms with van der Waals surface area (Å²) in [7, 11) is 0. The van der Waals surface area contributed by atoms with Crippen molar-refractivity contribution in [2.45, 2.75) is 89.9 Å². The summed E-state index contributed by atoms with van der Waals surface area (Å²) in [5.74, 6) is -0.599. The van der Waals surface area contributed by atoms with Crippen LogP contribution < -0.4 is 10.6 Å². The summed E-state index contributed by atoms with van der Waals surface area (Å²) in [6, 6.07) is 6.00. The van der Waals surface area contributed by atoms with Gasteiger partial charge in [0.25, 0.3) is 0 Å².